The van der Waals surface area contributed by atoms with Crippen LogP contribution in [0, 0.1) is 10.8 Å². The summed E-state index contributed by atoms with van der Waals surface area (Å²) < 4.78 is 21.1. The lowest BCUT2D eigenvalue weighted by molar-refractivity contribution is -0.170. The van der Waals surface area contributed by atoms with Crippen molar-refractivity contribution in [2.24, 2.45) is 10.8 Å². The Kier molecular flexibility index (Phi) is 5.32. The van der Waals surface area contributed by atoms with Crippen LogP contribution in [0.3, 0.4) is 0 Å². The second-order valence-corrected chi connectivity index (χ2v) is 9.38. The van der Waals surface area contributed by atoms with Crippen molar-refractivity contribution in [3.8, 4) is 0 Å². The van der Waals surface area contributed by atoms with Crippen molar-refractivity contribution in [3.05, 3.63) is 22.3 Å². The van der Waals surface area contributed by atoms with E-state index in [1.54, 1.807) is 0 Å². The van der Waals surface area contributed by atoms with Gasteiger partial charge in [-0.1, -0.05) is 0 Å². The highest BCUT2D eigenvalue weighted by Gasteiger charge is 2.71. The third kappa shape index (κ3) is 3.61. The van der Waals surface area contributed by atoms with Crippen LogP contribution in [0.1, 0.15) is 25.7 Å². The molecular formula is C22H24O12. The van der Waals surface area contributed by atoms with E-state index in [2.05, 4.69) is 0 Å². The number of ether oxygens (including phenoxy) is 4. The lowest BCUT2D eigenvalue weighted by Gasteiger charge is -2.51. The van der Waals surface area contributed by atoms with Crippen LogP contribution < -0.4 is 0 Å². The summed E-state index contributed by atoms with van der Waals surface area (Å²) in [6.07, 6.45) is -3.35. The van der Waals surface area contributed by atoms with Crippen LogP contribution in [0.25, 0.3) is 0 Å². The standard InChI is InChI=1S/C22H24O12/c23-17(24)15-13(1-9-5-31-9)21(19(27)28,3-11-7-33-11)22(20(29)30,4-12-8-34-12)14(2-10-6-32-10)16(15)18(25)26/h9-12H,1-8H2,(H,23,24)(H,25,26)(H,27,28)(H,29,30). The summed E-state index contributed by atoms with van der Waals surface area (Å²) in [4.78, 5) is 51.5. The molecular weight excluding hydrogens is 456 g/mol. The van der Waals surface area contributed by atoms with Crippen molar-refractivity contribution in [1.29, 1.82) is 0 Å². The van der Waals surface area contributed by atoms with Crippen LogP contribution in [0.15, 0.2) is 22.3 Å². The van der Waals surface area contributed by atoms with E-state index < -0.39 is 70.3 Å². The number of epoxide rings is 4. The van der Waals surface area contributed by atoms with E-state index in [4.69, 9.17) is 18.9 Å². The second kappa shape index (κ2) is 7.87. The van der Waals surface area contributed by atoms with E-state index in [0.717, 1.165) is 0 Å². The highest BCUT2D eigenvalue weighted by molar-refractivity contribution is 6.11. The molecule has 4 aliphatic heterocycles. The Balaban J connectivity index is 1.88. The Morgan fingerprint density at radius 1 is 0.618 bits per heavy atom. The van der Waals surface area contributed by atoms with E-state index in [9.17, 15) is 39.6 Å². The quantitative estimate of drug-likeness (QED) is 0.274. The average Bonchev–Trinajstić information content (AvgIpc) is 3.59. The first kappa shape index (κ1) is 23.0. The summed E-state index contributed by atoms with van der Waals surface area (Å²) in [5.74, 6) is -6.35. The third-order valence-corrected chi connectivity index (χ3v) is 7.31. The topological polar surface area (TPSA) is 199 Å². The maximum atomic E-state index is 13.2. The smallest absolute Gasteiger partial charge is 0.336 e. The Bertz CT molecular complexity index is 944. The molecule has 34 heavy (non-hydrogen) atoms. The van der Waals surface area contributed by atoms with Gasteiger partial charge >= 0.3 is 23.9 Å². The first-order valence-corrected chi connectivity index (χ1v) is 11.0. The molecule has 12 heteroatoms. The SMILES string of the molecule is O=C(O)C1=C(CC2CO2)C(CC2CO2)(C(=O)O)C(CC2CO2)(C(=O)O)C(CC2CO2)=C1C(=O)O. The number of hydrogen-bond acceptors (Lipinski definition) is 8. The lowest BCUT2D eigenvalue weighted by Crippen LogP contribution is -2.59. The summed E-state index contributed by atoms with van der Waals surface area (Å²) >= 11 is 0. The molecule has 0 spiro atoms. The molecule has 12 nitrogen and oxygen atoms in total. The molecule has 4 saturated heterocycles. The van der Waals surface area contributed by atoms with Gasteiger partial charge in [-0.2, -0.15) is 0 Å². The number of carboxylic acid groups (broad SMARTS) is 4. The average molecular weight is 480 g/mol. The van der Waals surface area contributed by atoms with Crippen LogP contribution in [0.4, 0.5) is 0 Å². The Morgan fingerprint density at radius 2 is 0.912 bits per heavy atom. The molecule has 6 unspecified atom stereocenters. The molecule has 5 rings (SSSR count). The van der Waals surface area contributed by atoms with Gasteiger partial charge in [0.25, 0.3) is 0 Å². The van der Waals surface area contributed by atoms with Gasteiger partial charge in [0.05, 0.1) is 62.0 Å². The summed E-state index contributed by atoms with van der Waals surface area (Å²) in [7, 11) is 0. The molecule has 1 aliphatic carbocycles. The molecule has 0 radical (unpaired) electrons. The van der Waals surface area contributed by atoms with Crippen LogP contribution in [-0.2, 0) is 38.1 Å². The van der Waals surface area contributed by atoms with Gasteiger partial charge < -0.3 is 39.4 Å². The van der Waals surface area contributed by atoms with Crippen molar-refractivity contribution in [1.82, 2.24) is 0 Å². The van der Waals surface area contributed by atoms with Gasteiger partial charge in [-0.05, 0) is 36.8 Å². The zero-order chi connectivity index (χ0) is 24.4. The van der Waals surface area contributed by atoms with Crippen molar-refractivity contribution in [2.45, 2.75) is 50.1 Å². The van der Waals surface area contributed by atoms with Gasteiger partial charge in [-0.25, -0.2) is 9.59 Å². The highest BCUT2D eigenvalue weighted by atomic mass is 16.6. The van der Waals surface area contributed by atoms with Crippen LogP contribution in [0.2, 0.25) is 0 Å². The van der Waals surface area contributed by atoms with E-state index in [1.165, 1.54) is 0 Å². The largest absolute Gasteiger partial charge is 0.481 e. The molecule has 0 aromatic rings. The first-order valence-electron chi connectivity index (χ1n) is 11.0. The zero-order valence-corrected chi connectivity index (χ0v) is 18.0. The first-order chi connectivity index (χ1) is 16.1. The summed E-state index contributed by atoms with van der Waals surface area (Å²) in [6.45, 7) is 0.840. The molecule has 0 aromatic carbocycles. The van der Waals surface area contributed by atoms with Gasteiger partial charge in [0.1, 0.15) is 10.8 Å². The monoisotopic (exact) mass is 480 g/mol. The molecule has 0 saturated carbocycles. The molecule has 4 N–H and O–H groups in total. The number of rotatable bonds is 12. The van der Waals surface area contributed by atoms with Gasteiger partial charge in [0.15, 0.2) is 0 Å². The fourth-order valence-corrected chi connectivity index (χ4v) is 5.54. The van der Waals surface area contributed by atoms with Gasteiger partial charge in [-0.3, -0.25) is 9.59 Å². The van der Waals surface area contributed by atoms with Crippen LogP contribution in [-0.4, -0.2) is 95.1 Å². The van der Waals surface area contributed by atoms with Crippen molar-refractivity contribution in [2.75, 3.05) is 26.4 Å². The van der Waals surface area contributed by atoms with Crippen molar-refractivity contribution >= 4 is 23.9 Å². The summed E-state index contributed by atoms with van der Waals surface area (Å²) in [5.41, 5.74) is -6.45. The number of hydrogen-bond donors (Lipinski definition) is 4. The van der Waals surface area contributed by atoms with E-state index in [-0.39, 0.29) is 63.3 Å². The van der Waals surface area contributed by atoms with E-state index in [0.29, 0.717) is 0 Å². The third-order valence-electron chi connectivity index (χ3n) is 7.31. The van der Waals surface area contributed by atoms with Crippen molar-refractivity contribution < 1.29 is 58.6 Å². The number of carbonyl (C=O) groups is 4. The maximum Gasteiger partial charge on any atom is 0.336 e. The predicted octanol–water partition coefficient (Wildman–Crippen LogP) is 0.0600. The maximum absolute atomic E-state index is 13.2. The second-order valence-electron chi connectivity index (χ2n) is 9.38. The number of carboxylic acids is 4. The summed E-state index contributed by atoms with van der Waals surface area (Å²) in [5, 5.41) is 41.8. The highest BCUT2D eigenvalue weighted by Crippen LogP contribution is 2.64. The molecule has 4 heterocycles. The molecule has 5 aliphatic rings. The van der Waals surface area contributed by atoms with Gasteiger partial charge in [-0.15, -0.1) is 0 Å². The van der Waals surface area contributed by atoms with Gasteiger partial charge in [0.2, 0.25) is 0 Å². The molecule has 6 atom stereocenters. The van der Waals surface area contributed by atoms with Crippen LogP contribution in [0.5, 0.6) is 0 Å². The summed E-state index contributed by atoms with van der Waals surface area (Å²) in [6, 6.07) is 0. The Morgan fingerprint density at radius 3 is 1.12 bits per heavy atom. The minimum Gasteiger partial charge on any atom is -0.481 e. The van der Waals surface area contributed by atoms with Crippen molar-refractivity contribution in [3.63, 3.8) is 0 Å². The Hall–Kier alpha value is -2.80. The van der Waals surface area contributed by atoms with Crippen LogP contribution >= 0.6 is 0 Å². The lowest BCUT2D eigenvalue weighted by atomic mass is 9.47. The minimum atomic E-state index is -2.28. The predicted molar refractivity (Wildman–Crippen MR) is 107 cm³/mol. The number of aliphatic carboxylic acids is 4. The molecule has 184 valence electrons. The molecule has 0 bridgehead atoms. The zero-order valence-electron chi connectivity index (χ0n) is 18.0. The Labute approximate surface area is 192 Å². The van der Waals surface area contributed by atoms with Gasteiger partial charge in [0, 0.05) is 0 Å². The molecule has 0 amide bonds. The van der Waals surface area contributed by atoms with E-state index in [1.807, 2.05) is 0 Å². The fourth-order valence-electron chi connectivity index (χ4n) is 5.54. The fraction of sp³-hybridized carbons (Fsp3) is 0.636. The molecule has 4 fully saturated rings. The minimum absolute atomic E-state index is 0.191. The molecule has 0 aromatic heterocycles. The normalized spacial score (nSPS) is 37.9. The van der Waals surface area contributed by atoms with E-state index >= 15 is 0 Å².